The molecular formula is C19H31N3O3. The van der Waals surface area contributed by atoms with E-state index in [1.54, 1.807) is 0 Å². The minimum absolute atomic E-state index is 0.0510. The highest BCUT2D eigenvalue weighted by atomic mass is 16.3. The standard InChI is InChI=1S/C19H31N3O3/c23-16-11-20-9-15(16)10-22-17(24)1-2-21-18(25)19-6-12-3-13(7-19)5-14(4-12)8-19/h12-16,20,23H,1-11H2,(H,21,25)(H,22,24). The lowest BCUT2D eigenvalue weighted by atomic mass is 9.49. The third kappa shape index (κ3) is 3.56. The number of amides is 2. The molecule has 0 aromatic heterocycles. The van der Waals surface area contributed by atoms with E-state index < -0.39 is 0 Å². The number of aliphatic hydroxyl groups is 1. The Balaban J connectivity index is 1.20. The number of hydrogen-bond donors (Lipinski definition) is 4. The number of carbonyl (C=O) groups excluding carboxylic acids is 2. The molecule has 1 aliphatic heterocycles. The molecule has 2 unspecified atom stereocenters. The summed E-state index contributed by atoms with van der Waals surface area (Å²) in [6.07, 6.45) is 7.10. The summed E-state index contributed by atoms with van der Waals surface area (Å²) in [6, 6.07) is 0. The number of hydrogen-bond acceptors (Lipinski definition) is 4. The van der Waals surface area contributed by atoms with Crippen LogP contribution in [0, 0.1) is 29.1 Å². The van der Waals surface area contributed by atoms with Crippen LogP contribution in [-0.4, -0.2) is 49.2 Å². The molecule has 140 valence electrons. The van der Waals surface area contributed by atoms with Crippen molar-refractivity contribution in [3.63, 3.8) is 0 Å². The van der Waals surface area contributed by atoms with E-state index in [1.165, 1.54) is 19.3 Å². The van der Waals surface area contributed by atoms with Crippen LogP contribution < -0.4 is 16.0 Å². The second kappa shape index (κ2) is 6.88. The van der Waals surface area contributed by atoms with Crippen molar-refractivity contribution < 1.29 is 14.7 Å². The lowest BCUT2D eigenvalue weighted by Gasteiger charge is -2.55. The van der Waals surface area contributed by atoms with Gasteiger partial charge in [-0.1, -0.05) is 0 Å². The Bertz CT molecular complexity index is 501. The molecule has 4 saturated carbocycles. The molecule has 6 nitrogen and oxygen atoms in total. The van der Waals surface area contributed by atoms with Crippen LogP contribution in [0.1, 0.15) is 44.9 Å². The Labute approximate surface area is 149 Å². The van der Waals surface area contributed by atoms with Gasteiger partial charge in [0.1, 0.15) is 0 Å². The van der Waals surface area contributed by atoms with E-state index in [9.17, 15) is 14.7 Å². The SMILES string of the molecule is O=C(CCNC(=O)C12CC3CC(CC(C3)C1)C2)NCC1CNCC1O. The highest BCUT2D eigenvalue weighted by molar-refractivity contribution is 5.84. The van der Waals surface area contributed by atoms with Crippen molar-refractivity contribution in [3.05, 3.63) is 0 Å². The summed E-state index contributed by atoms with van der Waals surface area (Å²) in [5.74, 6) is 2.50. The smallest absolute Gasteiger partial charge is 0.226 e. The zero-order valence-electron chi connectivity index (χ0n) is 14.9. The van der Waals surface area contributed by atoms with Crippen molar-refractivity contribution in [1.82, 2.24) is 16.0 Å². The number of nitrogens with one attached hydrogen (secondary N) is 3. The third-order valence-corrected chi connectivity index (χ3v) is 7.02. The van der Waals surface area contributed by atoms with Crippen LogP contribution in [0.25, 0.3) is 0 Å². The van der Waals surface area contributed by atoms with Gasteiger partial charge in [-0.15, -0.1) is 0 Å². The first-order valence-corrected chi connectivity index (χ1v) is 9.98. The molecule has 0 spiro atoms. The normalized spacial score (nSPS) is 41.7. The molecule has 5 aliphatic rings. The van der Waals surface area contributed by atoms with Crippen molar-refractivity contribution in [1.29, 1.82) is 0 Å². The van der Waals surface area contributed by atoms with Crippen molar-refractivity contribution in [2.45, 2.75) is 51.0 Å². The summed E-state index contributed by atoms with van der Waals surface area (Å²) < 4.78 is 0. The fourth-order valence-corrected chi connectivity index (χ4v) is 6.13. The molecule has 6 heteroatoms. The van der Waals surface area contributed by atoms with Crippen LogP contribution in [-0.2, 0) is 9.59 Å². The zero-order chi connectivity index (χ0) is 17.4. The molecule has 0 aromatic carbocycles. The van der Waals surface area contributed by atoms with E-state index in [1.807, 2.05) is 0 Å². The minimum atomic E-state index is -0.379. The van der Waals surface area contributed by atoms with Gasteiger partial charge in [-0.2, -0.15) is 0 Å². The van der Waals surface area contributed by atoms with E-state index in [4.69, 9.17) is 0 Å². The molecule has 0 aromatic rings. The topological polar surface area (TPSA) is 90.5 Å². The quantitative estimate of drug-likeness (QED) is 0.559. The summed E-state index contributed by atoms with van der Waals surface area (Å²) >= 11 is 0. The zero-order valence-corrected chi connectivity index (χ0v) is 14.9. The fraction of sp³-hybridized carbons (Fsp3) is 0.895. The van der Waals surface area contributed by atoms with Crippen LogP contribution in [0.2, 0.25) is 0 Å². The first-order valence-electron chi connectivity index (χ1n) is 9.98. The first kappa shape index (κ1) is 17.3. The van der Waals surface area contributed by atoms with Crippen LogP contribution in [0.3, 0.4) is 0 Å². The van der Waals surface area contributed by atoms with Crippen LogP contribution in [0.15, 0.2) is 0 Å². The van der Waals surface area contributed by atoms with Crippen molar-refractivity contribution in [2.24, 2.45) is 29.1 Å². The molecule has 1 saturated heterocycles. The van der Waals surface area contributed by atoms with Gasteiger partial charge in [-0.3, -0.25) is 9.59 Å². The molecule has 5 rings (SSSR count). The lowest BCUT2D eigenvalue weighted by molar-refractivity contribution is -0.146. The van der Waals surface area contributed by atoms with Gasteiger partial charge in [-0.25, -0.2) is 0 Å². The Morgan fingerprint density at radius 3 is 2.20 bits per heavy atom. The van der Waals surface area contributed by atoms with Gasteiger partial charge in [0.05, 0.1) is 6.10 Å². The second-order valence-electron chi connectivity index (χ2n) is 8.99. The Morgan fingerprint density at radius 1 is 1.00 bits per heavy atom. The maximum Gasteiger partial charge on any atom is 0.226 e. The molecule has 4 bridgehead atoms. The Kier molecular flexibility index (Phi) is 4.75. The Hall–Kier alpha value is -1.14. The summed E-state index contributed by atoms with van der Waals surface area (Å²) in [6.45, 7) is 2.25. The number of rotatable bonds is 6. The molecule has 4 aliphatic carbocycles. The predicted octanol–water partition coefficient (Wildman–Crippen LogP) is 0.406. The van der Waals surface area contributed by atoms with Crippen LogP contribution in [0.4, 0.5) is 0 Å². The van der Waals surface area contributed by atoms with Gasteiger partial charge in [0, 0.05) is 43.9 Å². The van der Waals surface area contributed by atoms with Crippen molar-refractivity contribution >= 4 is 11.8 Å². The number of carbonyl (C=O) groups is 2. The average Bonchev–Trinajstić information content (AvgIpc) is 2.96. The molecule has 4 N–H and O–H groups in total. The molecule has 1 heterocycles. The van der Waals surface area contributed by atoms with E-state index in [0.29, 0.717) is 26.1 Å². The molecule has 2 atom stereocenters. The first-order chi connectivity index (χ1) is 12.0. The molecule has 2 amide bonds. The Morgan fingerprint density at radius 2 is 1.64 bits per heavy atom. The molecule has 25 heavy (non-hydrogen) atoms. The maximum absolute atomic E-state index is 12.8. The van der Waals surface area contributed by atoms with E-state index in [2.05, 4.69) is 16.0 Å². The van der Waals surface area contributed by atoms with Crippen LogP contribution in [0.5, 0.6) is 0 Å². The summed E-state index contributed by atoms with van der Waals surface area (Å²) in [7, 11) is 0. The minimum Gasteiger partial charge on any atom is -0.391 e. The largest absolute Gasteiger partial charge is 0.391 e. The summed E-state index contributed by atoms with van der Waals surface area (Å²) in [5.41, 5.74) is -0.134. The summed E-state index contributed by atoms with van der Waals surface area (Å²) in [4.78, 5) is 24.8. The maximum atomic E-state index is 12.8. The van der Waals surface area contributed by atoms with Gasteiger partial charge in [0.25, 0.3) is 0 Å². The van der Waals surface area contributed by atoms with Crippen molar-refractivity contribution in [2.75, 3.05) is 26.2 Å². The summed E-state index contributed by atoms with van der Waals surface area (Å²) in [5, 5.41) is 18.8. The third-order valence-electron chi connectivity index (χ3n) is 7.02. The van der Waals surface area contributed by atoms with E-state index in [0.717, 1.165) is 43.6 Å². The van der Waals surface area contributed by atoms with E-state index in [-0.39, 0.29) is 29.3 Å². The predicted molar refractivity (Wildman–Crippen MR) is 93.6 cm³/mol. The van der Waals surface area contributed by atoms with Gasteiger partial charge >= 0.3 is 0 Å². The lowest BCUT2D eigenvalue weighted by Crippen LogP contribution is -2.53. The highest BCUT2D eigenvalue weighted by Gasteiger charge is 2.54. The van der Waals surface area contributed by atoms with Gasteiger partial charge in [0.15, 0.2) is 0 Å². The second-order valence-corrected chi connectivity index (χ2v) is 8.99. The van der Waals surface area contributed by atoms with Crippen molar-refractivity contribution in [3.8, 4) is 0 Å². The van der Waals surface area contributed by atoms with Crippen LogP contribution >= 0.6 is 0 Å². The average molecular weight is 349 g/mol. The van der Waals surface area contributed by atoms with E-state index >= 15 is 0 Å². The van der Waals surface area contributed by atoms with Gasteiger partial charge < -0.3 is 21.1 Å². The highest BCUT2D eigenvalue weighted by Crippen LogP contribution is 2.60. The molecular weight excluding hydrogens is 318 g/mol. The van der Waals surface area contributed by atoms with Gasteiger partial charge in [-0.05, 0) is 56.3 Å². The monoisotopic (exact) mass is 349 g/mol. The van der Waals surface area contributed by atoms with Gasteiger partial charge in [0.2, 0.25) is 11.8 Å². The number of β-amino-alcohol motifs (C(OH)–C–C–N with tert-alkyl or cyclic N) is 1. The molecule has 0 radical (unpaired) electrons. The molecule has 5 fully saturated rings. The fourth-order valence-electron chi connectivity index (χ4n) is 6.13. The number of aliphatic hydroxyl groups excluding tert-OH is 1.